The van der Waals surface area contributed by atoms with Gasteiger partial charge in [0.25, 0.3) is 0 Å². The van der Waals surface area contributed by atoms with Gasteiger partial charge in [0.2, 0.25) is 0 Å². The van der Waals surface area contributed by atoms with Crippen molar-refractivity contribution < 1.29 is 0 Å². The fourth-order valence-corrected chi connectivity index (χ4v) is 3.74. The van der Waals surface area contributed by atoms with Gasteiger partial charge in [-0.15, -0.1) is 0 Å². The summed E-state index contributed by atoms with van der Waals surface area (Å²) >= 11 is 1.94. The molecule has 0 saturated carbocycles. The van der Waals surface area contributed by atoms with Crippen LogP contribution < -0.4 is 4.90 Å². The number of rotatable bonds is 4. The van der Waals surface area contributed by atoms with Crippen LogP contribution in [0, 0.1) is 19.8 Å². The molecule has 0 aliphatic carbocycles. The Bertz CT molecular complexity index is 605. The summed E-state index contributed by atoms with van der Waals surface area (Å²) in [7, 11) is 0. The zero-order valence-electron chi connectivity index (χ0n) is 12.9. The molecule has 21 heavy (non-hydrogen) atoms. The monoisotopic (exact) mass is 302 g/mol. The SMILES string of the molecule is CSCC1CCN(c2ccc(-n3nc(C)cc3C)cn2)C1. The van der Waals surface area contributed by atoms with Crippen LogP contribution in [0.3, 0.4) is 0 Å². The quantitative estimate of drug-likeness (QED) is 0.869. The Balaban J connectivity index is 1.74. The Labute approximate surface area is 130 Å². The van der Waals surface area contributed by atoms with E-state index in [4.69, 9.17) is 0 Å². The third-order valence-corrected chi connectivity index (χ3v) is 4.80. The largest absolute Gasteiger partial charge is 0.356 e. The zero-order valence-corrected chi connectivity index (χ0v) is 13.7. The van der Waals surface area contributed by atoms with Crippen molar-refractivity contribution in [1.29, 1.82) is 0 Å². The van der Waals surface area contributed by atoms with Crippen molar-refractivity contribution in [2.45, 2.75) is 20.3 Å². The minimum absolute atomic E-state index is 0.803. The smallest absolute Gasteiger partial charge is 0.128 e. The van der Waals surface area contributed by atoms with E-state index in [1.165, 1.54) is 12.2 Å². The van der Waals surface area contributed by atoms with E-state index in [2.05, 4.69) is 46.4 Å². The lowest BCUT2D eigenvalue weighted by Gasteiger charge is -2.17. The number of anilines is 1. The lowest BCUT2D eigenvalue weighted by Crippen LogP contribution is -2.21. The van der Waals surface area contributed by atoms with Crippen molar-refractivity contribution in [3.05, 3.63) is 35.8 Å². The van der Waals surface area contributed by atoms with Crippen molar-refractivity contribution >= 4 is 17.6 Å². The first-order chi connectivity index (χ1) is 10.2. The summed E-state index contributed by atoms with van der Waals surface area (Å²) in [6, 6.07) is 6.32. The maximum Gasteiger partial charge on any atom is 0.128 e. The van der Waals surface area contributed by atoms with Crippen LogP contribution >= 0.6 is 11.8 Å². The molecule has 4 nitrogen and oxygen atoms in total. The Morgan fingerprint density at radius 1 is 1.33 bits per heavy atom. The van der Waals surface area contributed by atoms with Crippen LogP contribution in [-0.2, 0) is 0 Å². The van der Waals surface area contributed by atoms with Crippen molar-refractivity contribution in [3.63, 3.8) is 0 Å². The van der Waals surface area contributed by atoms with Crippen LogP contribution in [0.1, 0.15) is 17.8 Å². The summed E-state index contributed by atoms with van der Waals surface area (Å²) < 4.78 is 1.95. The molecule has 1 fully saturated rings. The topological polar surface area (TPSA) is 34.0 Å². The molecule has 0 N–H and O–H groups in total. The van der Waals surface area contributed by atoms with Crippen LogP contribution in [0.2, 0.25) is 0 Å². The lowest BCUT2D eigenvalue weighted by molar-refractivity contribution is 0.671. The predicted molar refractivity (Wildman–Crippen MR) is 89.5 cm³/mol. The maximum atomic E-state index is 4.64. The van der Waals surface area contributed by atoms with Crippen molar-refractivity contribution in [3.8, 4) is 5.69 Å². The van der Waals surface area contributed by atoms with E-state index in [0.29, 0.717) is 0 Å². The van der Waals surface area contributed by atoms with E-state index >= 15 is 0 Å². The number of hydrogen-bond acceptors (Lipinski definition) is 4. The van der Waals surface area contributed by atoms with Gasteiger partial charge in [-0.3, -0.25) is 0 Å². The standard InChI is InChI=1S/C16H22N4S/c1-12-8-13(2)20(18-12)15-4-5-16(17-9-15)19-7-6-14(10-19)11-21-3/h4-5,8-9,14H,6-7,10-11H2,1-3H3. The van der Waals surface area contributed by atoms with Gasteiger partial charge in [-0.05, 0) is 56.4 Å². The number of nitrogens with zero attached hydrogens (tertiary/aromatic N) is 4. The first kappa shape index (κ1) is 14.4. The molecule has 1 atom stereocenters. The van der Waals surface area contributed by atoms with Gasteiger partial charge in [0, 0.05) is 18.8 Å². The van der Waals surface area contributed by atoms with Crippen LogP contribution in [-0.4, -0.2) is 39.9 Å². The van der Waals surface area contributed by atoms with Gasteiger partial charge in [-0.2, -0.15) is 16.9 Å². The zero-order chi connectivity index (χ0) is 14.8. The van der Waals surface area contributed by atoms with Gasteiger partial charge in [-0.25, -0.2) is 9.67 Å². The Morgan fingerprint density at radius 2 is 2.19 bits per heavy atom. The molecule has 3 rings (SSSR count). The second-order valence-corrected chi connectivity index (χ2v) is 6.68. The summed E-state index contributed by atoms with van der Waals surface area (Å²) in [6.45, 7) is 6.34. The van der Waals surface area contributed by atoms with Gasteiger partial charge in [0.15, 0.2) is 0 Å². The number of thioether (sulfide) groups is 1. The molecular formula is C16H22N4S. The predicted octanol–water partition coefficient (Wildman–Crippen LogP) is 3.07. The molecule has 0 bridgehead atoms. The molecule has 0 radical (unpaired) electrons. The molecule has 0 spiro atoms. The van der Waals surface area contributed by atoms with Crippen LogP contribution in [0.4, 0.5) is 5.82 Å². The first-order valence-corrected chi connectivity index (χ1v) is 8.80. The fraction of sp³-hybridized carbons (Fsp3) is 0.500. The minimum atomic E-state index is 0.803. The van der Waals surface area contributed by atoms with E-state index in [-0.39, 0.29) is 0 Å². The highest BCUT2D eigenvalue weighted by molar-refractivity contribution is 7.98. The van der Waals surface area contributed by atoms with E-state index in [9.17, 15) is 0 Å². The van der Waals surface area contributed by atoms with Gasteiger partial charge in [0.1, 0.15) is 5.82 Å². The normalized spacial score (nSPS) is 18.4. The van der Waals surface area contributed by atoms with Crippen LogP contribution in [0.5, 0.6) is 0 Å². The van der Waals surface area contributed by atoms with Crippen molar-refractivity contribution in [2.75, 3.05) is 30.0 Å². The lowest BCUT2D eigenvalue weighted by atomic mass is 10.2. The molecule has 1 aliphatic rings. The van der Waals surface area contributed by atoms with Crippen molar-refractivity contribution in [2.24, 2.45) is 5.92 Å². The third-order valence-electron chi connectivity index (χ3n) is 4.00. The van der Waals surface area contributed by atoms with E-state index in [0.717, 1.165) is 41.9 Å². The maximum absolute atomic E-state index is 4.64. The average Bonchev–Trinajstić information content (AvgIpc) is 3.06. The summed E-state index contributed by atoms with van der Waals surface area (Å²) in [5.74, 6) is 3.14. The highest BCUT2D eigenvalue weighted by Gasteiger charge is 2.22. The highest BCUT2D eigenvalue weighted by atomic mass is 32.2. The molecular weight excluding hydrogens is 280 g/mol. The van der Waals surface area contributed by atoms with E-state index < -0.39 is 0 Å². The Hall–Kier alpha value is -1.49. The first-order valence-electron chi connectivity index (χ1n) is 7.41. The molecule has 1 unspecified atom stereocenters. The molecule has 2 aromatic heterocycles. The molecule has 112 valence electrons. The van der Waals surface area contributed by atoms with Crippen LogP contribution in [0.15, 0.2) is 24.4 Å². The number of pyridine rings is 1. The van der Waals surface area contributed by atoms with Gasteiger partial charge in [0.05, 0.1) is 17.6 Å². The number of aromatic nitrogens is 3. The molecule has 5 heteroatoms. The third kappa shape index (κ3) is 3.07. The molecule has 0 aromatic carbocycles. The summed E-state index contributed by atoms with van der Waals surface area (Å²) in [5.41, 5.74) is 3.21. The van der Waals surface area contributed by atoms with E-state index in [1.54, 1.807) is 0 Å². The Morgan fingerprint density at radius 3 is 2.81 bits per heavy atom. The van der Waals surface area contributed by atoms with Gasteiger partial charge < -0.3 is 4.90 Å². The minimum Gasteiger partial charge on any atom is -0.356 e. The number of aryl methyl sites for hydroxylation is 2. The summed E-state index contributed by atoms with van der Waals surface area (Å²) in [5, 5.41) is 4.50. The summed E-state index contributed by atoms with van der Waals surface area (Å²) in [6.07, 6.45) is 5.39. The molecule has 1 aliphatic heterocycles. The summed E-state index contributed by atoms with van der Waals surface area (Å²) in [4.78, 5) is 7.04. The second-order valence-electron chi connectivity index (χ2n) is 5.77. The Kier molecular flexibility index (Phi) is 4.19. The van der Waals surface area contributed by atoms with E-state index in [1.807, 2.05) is 29.6 Å². The van der Waals surface area contributed by atoms with Crippen LogP contribution in [0.25, 0.3) is 5.69 Å². The fourth-order valence-electron chi connectivity index (χ4n) is 2.99. The molecule has 3 heterocycles. The second kappa shape index (κ2) is 6.10. The number of hydrogen-bond donors (Lipinski definition) is 0. The average molecular weight is 302 g/mol. The molecule has 0 amide bonds. The molecule has 2 aromatic rings. The van der Waals surface area contributed by atoms with Gasteiger partial charge in [-0.1, -0.05) is 0 Å². The highest BCUT2D eigenvalue weighted by Crippen LogP contribution is 2.24. The molecule has 1 saturated heterocycles. The van der Waals surface area contributed by atoms with Crippen molar-refractivity contribution in [1.82, 2.24) is 14.8 Å². The van der Waals surface area contributed by atoms with Gasteiger partial charge >= 0.3 is 0 Å².